The van der Waals surface area contributed by atoms with Gasteiger partial charge in [-0.2, -0.15) is 0 Å². The van der Waals surface area contributed by atoms with Gasteiger partial charge < -0.3 is 19.1 Å². The monoisotopic (exact) mass is 464 g/mol. The summed E-state index contributed by atoms with van der Waals surface area (Å²) in [6.07, 6.45) is 9.40. The van der Waals surface area contributed by atoms with Gasteiger partial charge in [-0.25, -0.2) is 0 Å². The van der Waals surface area contributed by atoms with E-state index >= 15 is 0 Å². The third-order valence-electron chi connectivity index (χ3n) is 8.95. The van der Waals surface area contributed by atoms with Crippen LogP contribution in [-0.2, 0) is 10.3 Å². The van der Waals surface area contributed by atoms with E-state index in [1.165, 1.54) is 49.8 Å². The van der Waals surface area contributed by atoms with Crippen molar-refractivity contribution in [3.8, 4) is 5.75 Å². The van der Waals surface area contributed by atoms with Crippen molar-refractivity contribution in [2.45, 2.75) is 63.1 Å². The van der Waals surface area contributed by atoms with E-state index in [1.807, 2.05) is 36.4 Å². The molecular formula is C30H42NO3+. The van der Waals surface area contributed by atoms with Crippen molar-refractivity contribution in [1.82, 2.24) is 0 Å². The quantitative estimate of drug-likeness (QED) is 0.350. The lowest BCUT2D eigenvalue weighted by molar-refractivity contribution is -0.946. The van der Waals surface area contributed by atoms with Crippen LogP contribution in [0.4, 0.5) is 0 Å². The van der Waals surface area contributed by atoms with Crippen LogP contribution in [0, 0.1) is 11.8 Å². The zero-order chi connectivity index (χ0) is 23.3. The van der Waals surface area contributed by atoms with Gasteiger partial charge in [0.2, 0.25) is 0 Å². The summed E-state index contributed by atoms with van der Waals surface area (Å²) in [5, 5.41) is 11.8. The zero-order valence-corrected chi connectivity index (χ0v) is 20.6. The van der Waals surface area contributed by atoms with E-state index in [2.05, 4.69) is 24.3 Å². The number of quaternary nitrogens is 1. The summed E-state index contributed by atoms with van der Waals surface area (Å²) in [4.78, 5) is 0. The number of ether oxygens (including phenoxy) is 2. The molecule has 1 aliphatic carbocycles. The number of fused-ring (bicyclic) bond motifs is 3. The van der Waals surface area contributed by atoms with Crippen LogP contribution in [0.5, 0.6) is 5.75 Å². The third-order valence-corrected chi connectivity index (χ3v) is 8.95. The summed E-state index contributed by atoms with van der Waals surface area (Å²) in [6, 6.07) is 20.5. The molecule has 0 spiro atoms. The summed E-state index contributed by atoms with van der Waals surface area (Å²) in [6.45, 7) is 6.31. The molecule has 4 nitrogen and oxygen atoms in total. The molecule has 4 fully saturated rings. The minimum absolute atomic E-state index is 0.334. The minimum atomic E-state index is -0.757. The fraction of sp³-hybridized carbons (Fsp3) is 0.600. The van der Waals surface area contributed by atoms with Gasteiger partial charge in [0.05, 0.1) is 38.4 Å². The minimum Gasteiger partial charge on any atom is -0.493 e. The maximum Gasteiger partial charge on any atom is 0.119 e. The van der Waals surface area contributed by atoms with Gasteiger partial charge in [-0.3, -0.25) is 0 Å². The van der Waals surface area contributed by atoms with E-state index in [0.717, 1.165) is 43.7 Å². The van der Waals surface area contributed by atoms with Gasteiger partial charge >= 0.3 is 0 Å². The molecule has 2 unspecified atom stereocenters. The average Bonchev–Trinajstić information content (AvgIpc) is 3.44. The number of nitrogens with zero attached hydrogens (tertiary/aromatic N) is 1. The molecule has 0 radical (unpaired) electrons. The second-order valence-corrected chi connectivity index (χ2v) is 11.0. The van der Waals surface area contributed by atoms with Crippen LogP contribution in [0.1, 0.15) is 56.9 Å². The Morgan fingerprint density at radius 3 is 2.24 bits per heavy atom. The Morgan fingerprint density at radius 2 is 1.53 bits per heavy atom. The van der Waals surface area contributed by atoms with E-state index in [0.29, 0.717) is 31.0 Å². The molecule has 34 heavy (non-hydrogen) atoms. The second kappa shape index (κ2) is 10.8. The summed E-state index contributed by atoms with van der Waals surface area (Å²) in [5.74, 6) is 2.01. The van der Waals surface area contributed by atoms with Crippen LogP contribution in [0.3, 0.4) is 0 Å². The number of rotatable bonds is 11. The summed E-state index contributed by atoms with van der Waals surface area (Å²) >= 11 is 0. The van der Waals surface area contributed by atoms with Crippen LogP contribution in [0.25, 0.3) is 0 Å². The first-order chi connectivity index (χ1) is 16.7. The third kappa shape index (κ3) is 5.35. The van der Waals surface area contributed by atoms with Crippen molar-refractivity contribution in [2.75, 3.05) is 39.4 Å². The SMILES string of the molecule is OC(CCOC1C[N+]2(CCCOc3ccccc3)CCC1CC2)(c1ccccc1)C1CCCC1. The number of aliphatic hydroxyl groups is 1. The molecule has 6 rings (SSSR count). The lowest BCUT2D eigenvalue weighted by atomic mass is 9.78. The van der Waals surface area contributed by atoms with Crippen molar-refractivity contribution in [1.29, 1.82) is 0 Å². The highest BCUT2D eigenvalue weighted by Gasteiger charge is 2.46. The Kier molecular flexibility index (Phi) is 7.58. The van der Waals surface area contributed by atoms with E-state index in [1.54, 1.807) is 0 Å². The molecule has 3 heterocycles. The van der Waals surface area contributed by atoms with Crippen molar-refractivity contribution < 1.29 is 19.1 Å². The second-order valence-electron chi connectivity index (χ2n) is 11.0. The van der Waals surface area contributed by atoms with E-state index in [-0.39, 0.29) is 0 Å². The van der Waals surface area contributed by atoms with Crippen molar-refractivity contribution >= 4 is 0 Å². The largest absolute Gasteiger partial charge is 0.493 e. The molecule has 184 valence electrons. The van der Waals surface area contributed by atoms with Gasteiger partial charge in [-0.1, -0.05) is 61.4 Å². The van der Waals surface area contributed by atoms with E-state index in [4.69, 9.17) is 9.47 Å². The Balaban J connectivity index is 1.14. The van der Waals surface area contributed by atoms with Gasteiger partial charge in [0, 0.05) is 31.6 Å². The predicted octanol–water partition coefficient (Wildman–Crippen LogP) is 5.55. The number of hydrogen-bond acceptors (Lipinski definition) is 3. The molecule has 4 aliphatic rings. The van der Waals surface area contributed by atoms with Crippen molar-refractivity contribution in [3.63, 3.8) is 0 Å². The highest BCUT2D eigenvalue weighted by molar-refractivity contribution is 5.24. The molecule has 4 heteroatoms. The fourth-order valence-electron chi connectivity index (χ4n) is 6.91. The highest BCUT2D eigenvalue weighted by atomic mass is 16.5. The molecule has 0 amide bonds. The maximum absolute atomic E-state index is 11.8. The average molecular weight is 465 g/mol. The Labute approximate surface area is 205 Å². The number of hydrogen-bond donors (Lipinski definition) is 1. The van der Waals surface area contributed by atoms with Gasteiger partial charge in [-0.15, -0.1) is 0 Å². The number of para-hydroxylation sites is 1. The first-order valence-corrected chi connectivity index (χ1v) is 13.6. The van der Waals surface area contributed by atoms with Crippen LogP contribution in [-0.4, -0.2) is 55.1 Å². The molecular weight excluding hydrogens is 422 g/mol. The van der Waals surface area contributed by atoms with Crippen LogP contribution < -0.4 is 4.74 Å². The molecule has 3 saturated heterocycles. The van der Waals surface area contributed by atoms with Gasteiger partial charge in [0.25, 0.3) is 0 Å². The zero-order valence-electron chi connectivity index (χ0n) is 20.6. The predicted molar refractivity (Wildman–Crippen MR) is 136 cm³/mol. The molecule has 1 saturated carbocycles. The Hall–Kier alpha value is -1.88. The molecule has 0 aromatic heterocycles. The summed E-state index contributed by atoms with van der Waals surface area (Å²) < 4.78 is 13.7. The van der Waals surface area contributed by atoms with Crippen LogP contribution >= 0.6 is 0 Å². The first kappa shape index (κ1) is 23.8. The van der Waals surface area contributed by atoms with Crippen LogP contribution in [0.15, 0.2) is 60.7 Å². The van der Waals surface area contributed by atoms with Crippen LogP contribution in [0.2, 0.25) is 0 Å². The topological polar surface area (TPSA) is 38.7 Å². The van der Waals surface area contributed by atoms with E-state index < -0.39 is 5.60 Å². The molecule has 2 atom stereocenters. The summed E-state index contributed by atoms with van der Waals surface area (Å²) in [7, 11) is 0. The summed E-state index contributed by atoms with van der Waals surface area (Å²) in [5.41, 5.74) is 0.313. The molecule has 1 N–H and O–H groups in total. The number of piperidine rings is 3. The Bertz CT molecular complexity index is 874. The molecule has 2 aromatic carbocycles. The standard InChI is InChI=1S/C30H42NO3/c32-30(27-12-7-8-13-27,26-10-3-1-4-11-26)18-23-34-29-24-31(20-16-25(29)17-21-31)19-9-22-33-28-14-5-2-6-15-28/h1-6,10-11,14-15,25,27,29,32H,7-9,12-13,16-24H2/q+1. The van der Waals surface area contributed by atoms with Gasteiger partial charge in [0.1, 0.15) is 18.4 Å². The van der Waals surface area contributed by atoms with Gasteiger partial charge in [0.15, 0.2) is 0 Å². The normalized spacial score (nSPS) is 28.6. The Morgan fingerprint density at radius 1 is 0.853 bits per heavy atom. The molecule has 3 aliphatic heterocycles. The van der Waals surface area contributed by atoms with E-state index in [9.17, 15) is 5.11 Å². The van der Waals surface area contributed by atoms with Crippen molar-refractivity contribution in [3.05, 3.63) is 66.2 Å². The molecule has 2 aromatic rings. The molecule has 2 bridgehead atoms. The number of benzene rings is 2. The lowest BCUT2D eigenvalue weighted by Crippen LogP contribution is -2.64. The van der Waals surface area contributed by atoms with Gasteiger partial charge in [-0.05, 0) is 36.5 Å². The smallest absolute Gasteiger partial charge is 0.119 e. The fourth-order valence-corrected chi connectivity index (χ4v) is 6.91. The lowest BCUT2D eigenvalue weighted by Gasteiger charge is -2.52. The first-order valence-electron chi connectivity index (χ1n) is 13.6. The van der Waals surface area contributed by atoms with Crippen molar-refractivity contribution in [2.24, 2.45) is 11.8 Å². The highest BCUT2D eigenvalue weighted by Crippen LogP contribution is 2.43. The maximum atomic E-state index is 11.8.